The van der Waals surface area contributed by atoms with E-state index in [2.05, 4.69) is 9.97 Å². The molecule has 5 heteroatoms. The Morgan fingerprint density at radius 1 is 1.12 bits per heavy atom. The molecular weight excluding hydrogens is 262 g/mol. The number of benzene rings is 1. The van der Waals surface area contributed by atoms with Crippen molar-refractivity contribution in [3.8, 4) is 11.4 Å². The molecule has 1 heterocycles. The van der Waals surface area contributed by atoms with E-state index in [0.717, 1.165) is 11.3 Å². The van der Waals surface area contributed by atoms with Crippen molar-refractivity contribution >= 4 is 23.2 Å². The van der Waals surface area contributed by atoms with Gasteiger partial charge in [-0.1, -0.05) is 23.2 Å². The van der Waals surface area contributed by atoms with Crippen molar-refractivity contribution in [1.29, 1.82) is 0 Å². The first-order chi connectivity index (χ1) is 7.99. The summed E-state index contributed by atoms with van der Waals surface area (Å²) in [6.07, 6.45) is 0. The molecule has 0 unspecified atom stereocenters. The van der Waals surface area contributed by atoms with Gasteiger partial charge in [-0.25, -0.2) is 14.4 Å². The molecular formula is C12H9Cl2FN2. The van der Waals surface area contributed by atoms with Crippen LogP contribution < -0.4 is 0 Å². The largest absolute Gasteiger partial charge is 0.233 e. The Bertz CT molecular complexity index is 562. The highest BCUT2D eigenvalue weighted by atomic mass is 35.5. The number of aryl methyl sites for hydroxylation is 1. The average molecular weight is 271 g/mol. The van der Waals surface area contributed by atoms with Crippen LogP contribution in [-0.4, -0.2) is 9.97 Å². The van der Waals surface area contributed by atoms with Gasteiger partial charge in [-0.05, 0) is 32.0 Å². The van der Waals surface area contributed by atoms with E-state index >= 15 is 0 Å². The quantitative estimate of drug-likeness (QED) is 0.726. The molecule has 2 aromatic rings. The third-order valence-corrected chi connectivity index (χ3v) is 3.10. The monoisotopic (exact) mass is 270 g/mol. The van der Waals surface area contributed by atoms with E-state index in [0.29, 0.717) is 15.7 Å². The van der Waals surface area contributed by atoms with Gasteiger partial charge in [0.15, 0.2) is 5.82 Å². The summed E-state index contributed by atoms with van der Waals surface area (Å²) in [4.78, 5) is 8.28. The van der Waals surface area contributed by atoms with Crippen LogP contribution >= 0.6 is 23.2 Å². The smallest absolute Gasteiger partial charge is 0.164 e. The number of hydrogen-bond acceptors (Lipinski definition) is 2. The summed E-state index contributed by atoms with van der Waals surface area (Å²) in [7, 11) is 0. The lowest BCUT2D eigenvalue weighted by atomic mass is 10.2. The molecule has 0 fully saturated rings. The third kappa shape index (κ3) is 2.40. The fourth-order valence-corrected chi connectivity index (χ4v) is 1.76. The highest BCUT2D eigenvalue weighted by Crippen LogP contribution is 2.25. The Hall–Kier alpha value is -1.19. The maximum Gasteiger partial charge on any atom is 0.164 e. The highest BCUT2D eigenvalue weighted by molar-refractivity contribution is 6.30. The van der Waals surface area contributed by atoms with Crippen molar-refractivity contribution in [2.45, 2.75) is 13.8 Å². The lowest BCUT2D eigenvalue weighted by molar-refractivity contribution is 0.630. The van der Waals surface area contributed by atoms with Gasteiger partial charge in [0.2, 0.25) is 0 Å². The SMILES string of the molecule is Cc1nc(-c2ccc(Cl)cc2F)nc(Cl)c1C. The van der Waals surface area contributed by atoms with Gasteiger partial charge in [-0.2, -0.15) is 0 Å². The van der Waals surface area contributed by atoms with Gasteiger partial charge in [-0.3, -0.25) is 0 Å². The van der Waals surface area contributed by atoms with Gasteiger partial charge < -0.3 is 0 Å². The van der Waals surface area contributed by atoms with Gasteiger partial charge >= 0.3 is 0 Å². The number of nitrogens with zero attached hydrogens (tertiary/aromatic N) is 2. The molecule has 0 amide bonds. The molecule has 0 bridgehead atoms. The second-order valence-electron chi connectivity index (χ2n) is 3.67. The van der Waals surface area contributed by atoms with Crippen molar-refractivity contribution < 1.29 is 4.39 Å². The van der Waals surface area contributed by atoms with Crippen molar-refractivity contribution in [2.24, 2.45) is 0 Å². The minimum absolute atomic E-state index is 0.271. The summed E-state index contributed by atoms with van der Waals surface area (Å²) in [6, 6.07) is 4.36. The topological polar surface area (TPSA) is 25.8 Å². The van der Waals surface area contributed by atoms with Crippen LogP contribution in [0.15, 0.2) is 18.2 Å². The first kappa shape index (κ1) is 12.3. The Morgan fingerprint density at radius 2 is 1.82 bits per heavy atom. The molecule has 17 heavy (non-hydrogen) atoms. The fourth-order valence-electron chi connectivity index (χ4n) is 1.39. The van der Waals surface area contributed by atoms with Crippen LogP contribution in [0.4, 0.5) is 4.39 Å². The molecule has 2 rings (SSSR count). The molecule has 1 aromatic carbocycles. The van der Waals surface area contributed by atoms with Crippen LogP contribution in [0.5, 0.6) is 0 Å². The van der Waals surface area contributed by atoms with Crippen LogP contribution in [0, 0.1) is 19.7 Å². The van der Waals surface area contributed by atoms with Gasteiger partial charge in [0.25, 0.3) is 0 Å². The van der Waals surface area contributed by atoms with E-state index in [1.54, 1.807) is 13.0 Å². The Balaban J connectivity index is 2.61. The zero-order valence-electron chi connectivity index (χ0n) is 9.26. The molecule has 0 N–H and O–H groups in total. The maximum atomic E-state index is 13.7. The normalized spacial score (nSPS) is 10.6. The van der Waals surface area contributed by atoms with E-state index in [9.17, 15) is 4.39 Å². The number of aromatic nitrogens is 2. The molecule has 1 aromatic heterocycles. The molecule has 0 saturated heterocycles. The van der Waals surface area contributed by atoms with Crippen molar-refractivity contribution in [3.63, 3.8) is 0 Å². The van der Waals surface area contributed by atoms with Crippen LogP contribution in [0.2, 0.25) is 10.2 Å². The summed E-state index contributed by atoms with van der Waals surface area (Å²) in [5.41, 5.74) is 1.82. The predicted octanol–water partition coefficient (Wildman–Crippen LogP) is 4.21. The third-order valence-electron chi connectivity index (χ3n) is 2.50. The Morgan fingerprint density at radius 3 is 2.41 bits per heavy atom. The van der Waals surface area contributed by atoms with Crippen molar-refractivity contribution in [2.75, 3.05) is 0 Å². The summed E-state index contributed by atoms with van der Waals surface area (Å²) in [5, 5.41) is 0.669. The second-order valence-corrected chi connectivity index (χ2v) is 4.47. The maximum absolute atomic E-state index is 13.7. The fraction of sp³-hybridized carbons (Fsp3) is 0.167. The van der Waals surface area contributed by atoms with E-state index in [4.69, 9.17) is 23.2 Å². The zero-order chi connectivity index (χ0) is 12.6. The minimum Gasteiger partial charge on any atom is -0.233 e. The molecule has 0 aliphatic heterocycles. The summed E-state index contributed by atoms with van der Waals surface area (Å²) < 4.78 is 13.7. The van der Waals surface area contributed by atoms with Crippen molar-refractivity contribution in [3.05, 3.63) is 45.4 Å². The number of rotatable bonds is 1. The minimum atomic E-state index is -0.461. The molecule has 2 nitrogen and oxygen atoms in total. The molecule has 0 aliphatic rings. The lowest BCUT2D eigenvalue weighted by Crippen LogP contribution is -1.98. The predicted molar refractivity (Wildman–Crippen MR) is 66.9 cm³/mol. The summed E-state index contributed by atoms with van der Waals surface area (Å²) >= 11 is 11.6. The van der Waals surface area contributed by atoms with Crippen LogP contribution in [-0.2, 0) is 0 Å². The number of halogens is 3. The first-order valence-corrected chi connectivity index (χ1v) is 5.71. The first-order valence-electron chi connectivity index (χ1n) is 4.95. The van der Waals surface area contributed by atoms with Crippen LogP contribution in [0.3, 0.4) is 0 Å². The zero-order valence-corrected chi connectivity index (χ0v) is 10.8. The van der Waals surface area contributed by atoms with E-state index in [1.165, 1.54) is 12.1 Å². The summed E-state index contributed by atoms with van der Waals surface area (Å²) in [6.45, 7) is 3.62. The standard InChI is InChI=1S/C12H9Cl2FN2/c1-6-7(2)16-12(17-11(6)14)9-4-3-8(13)5-10(9)15/h3-5H,1-2H3. The molecule has 0 spiro atoms. The van der Waals surface area contributed by atoms with E-state index in [1.807, 2.05) is 6.92 Å². The second kappa shape index (κ2) is 4.59. The highest BCUT2D eigenvalue weighted by Gasteiger charge is 2.12. The number of hydrogen-bond donors (Lipinski definition) is 0. The molecule has 0 saturated carbocycles. The van der Waals surface area contributed by atoms with E-state index < -0.39 is 5.82 Å². The Labute approximate surface area is 108 Å². The summed E-state index contributed by atoms with van der Waals surface area (Å²) in [5.74, 6) is -0.191. The van der Waals surface area contributed by atoms with Gasteiger partial charge in [-0.15, -0.1) is 0 Å². The van der Waals surface area contributed by atoms with Crippen LogP contribution in [0.1, 0.15) is 11.3 Å². The molecule has 88 valence electrons. The Kier molecular flexibility index (Phi) is 3.31. The van der Waals surface area contributed by atoms with Gasteiger partial charge in [0.05, 0.1) is 5.56 Å². The molecule has 0 atom stereocenters. The average Bonchev–Trinajstić information content (AvgIpc) is 2.25. The van der Waals surface area contributed by atoms with Gasteiger partial charge in [0, 0.05) is 16.3 Å². The van der Waals surface area contributed by atoms with Crippen LogP contribution in [0.25, 0.3) is 11.4 Å². The van der Waals surface area contributed by atoms with E-state index in [-0.39, 0.29) is 5.82 Å². The molecule has 0 radical (unpaired) electrons. The molecule has 0 aliphatic carbocycles. The lowest BCUT2D eigenvalue weighted by Gasteiger charge is -2.06. The van der Waals surface area contributed by atoms with Crippen molar-refractivity contribution in [1.82, 2.24) is 9.97 Å². The van der Waals surface area contributed by atoms with Gasteiger partial charge in [0.1, 0.15) is 11.0 Å².